The van der Waals surface area contributed by atoms with Gasteiger partial charge in [0, 0.05) is 6.61 Å². The minimum Gasteiger partial charge on any atom is -0.372 e. The van der Waals surface area contributed by atoms with Crippen LogP contribution in [0.15, 0.2) is 0 Å². The van der Waals surface area contributed by atoms with Crippen LogP contribution >= 0.6 is 11.6 Å². The number of halogens is 1. The molecule has 0 radical (unpaired) electrons. The molecule has 0 amide bonds. The van der Waals surface area contributed by atoms with Crippen LogP contribution in [0.1, 0.15) is 32.6 Å². The molecular weight excluding hydrogens is 164 g/mol. The van der Waals surface area contributed by atoms with Crippen LogP contribution in [0, 0.1) is 0 Å². The first-order valence-corrected chi connectivity index (χ1v) is 4.41. The molecule has 0 rings (SSSR count). The van der Waals surface area contributed by atoms with E-state index in [0.717, 1.165) is 6.42 Å². The molecule has 0 unspecified atom stereocenters. The second-order valence-electron chi connectivity index (χ2n) is 2.47. The van der Waals surface area contributed by atoms with Crippen LogP contribution in [0.4, 0.5) is 0 Å². The monoisotopic (exact) mass is 178 g/mol. The molecule has 0 saturated heterocycles. The highest BCUT2D eigenvalue weighted by Gasteiger charge is 1.94. The molecule has 0 heterocycles. The molecule has 0 bridgehead atoms. The molecule has 0 aromatic rings. The van der Waals surface area contributed by atoms with Crippen molar-refractivity contribution in [3.63, 3.8) is 0 Å². The van der Waals surface area contributed by atoms with Crippen molar-refractivity contribution in [3.05, 3.63) is 0 Å². The fraction of sp³-hybridized carbons (Fsp3) is 0.875. The third kappa shape index (κ3) is 9.92. The van der Waals surface area contributed by atoms with Crippen LogP contribution in [-0.4, -0.2) is 18.5 Å². The Hall–Kier alpha value is -0.0800. The van der Waals surface area contributed by atoms with Gasteiger partial charge in [-0.15, -0.1) is 0 Å². The zero-order chi connectivity index (χ0) is 8.53. The smallest absolute Gasteiger partial charge is 0.247 e. The lowest BCUT2D eigenvalue weighted by atomic mass is 10.2. The van der Waals surface area contributed by atoms with E-state index in [-0.39, 0.29) is 6.61 Å². The molecule has 11 heavy (non-hydrogen) atoms. The van der Waals surface area contributed by atoms with E-state index in [4.69, 9.17) is 16.3 Å². The highest BCUT2D eigenvalue weighted by atomic mass is 35.5. The lowest BCUT2D eigenvalue weighted by Gasteiger charge is -1.99. The highest BCUT2D eigenvalue weighted by Crippen LogP contribution is 1.98. The highest BCUT2D eigenvalue weighted by molar-refractivity contribution is 6.63. The van der Waals surface area contributed by atoms with E-state index < -0.39 is 5.24 Å². The van der Waals surface area contributed by atoms with Gasteiger partial charge in [0.2, 0.25) is 5.24 Å². The normalized spacial score (nSPS) is 10.0. The van der Waals surface area contributed by atoms with E-state index in [0.29, 0.717) is 6.61 Å². The summed E-state index contributed by atoms with van der Waals surface area (Å²) in [6.07, 6.45) is 4.65. The molecule has 2 nitrogen and oxygen atoms in total. The molecule has 0 aliphatic rings. The van der Waals surface area contributed by atoms with Crippen LogP contribution in [0.3, 0.4) is 0 Å². The third-order valence-electron chi connectivity index (χ3n) is 1.36. The van der Waals surface area contributed by atoms with Gasteiger partial charge in [0.15, 0.2) is 0 Å². The van der Waals surface area contributed by atoms with Crippen molar-refractivity contribution in [1.82, 2.24) is 0 Å². The molecule has 0 spiro atoms. The Morgan fingerprint density at radius 3 is 2.64 bits per heavy atom. The Labute approximate surface area is 72.9 Å². The SMILES string of the molecule is CCCCCCOCC(=O)Cl. The predicted molar refractivity (Wildman–Crippen MR) is 45.8 cm³/mol. The average molecular weight is 179 g/mol. The van der Waals surface area contributed by atoms with Gasteiger partial charge in [0.1, 0.15) is 6.61 Å². The molecule has 0 aliphatic heterocycles. The van der Waals surface area contributed by atoms with Crippen LogP contribution < -0.4 is 0 Å². The first-order valence-electron chi connectivity index (χ1n) is 4.03. The minimum atomic E-state index is -0.416. The molecule has 3 heteroatoms. The number of unbranched alkanes of at least 4 members (excludes halogenated alkanes) is 3. The van der Waals surface area contributed by atoms with Crippen molar-refractivity contribution in [3.8, 4) is 0 Å². The average Bonchev–Trinajstić information content (AvgIpc) is 1.96. The van der Waals surface area contributed by atoms with Gasteiger partial charge in [0.05, 0.1) is 0 Å². The zero-order valence-corrected chi connectivity index (χ0v) is 7.69. The van der Waals surface area contributed by atoms with E-state index in [1.54, 1.807) is 0 Å². The molecule has 0 saturated carbocycles. The Morgan fingerprint density at radius 1 is 1.36 bits per heavy atom. The van der Waals surface area contributed by atoms with Gasteiger partial charge in [-0.05, 0) is 18.0 Å². The lowest BCUT2D eigenvalue weighted by molar-refractivity contribution is -0.115. The van der Waals surface area contributed by atoms with Crippen LogP contribution in [0.2, 0.25) is 0 Å². The standard InChI is InChI=1S/C8H15ClO2/c1-2-3-4-5-6-11-7-8(9)10/h2-7H2,1H3. The fourth-order valence-electron chi connectivity index (χ4n) is 0.783. The first-order chi connectivity index (χ1) is 5.27. The number of hydrogen-bond acceptors (Lipinski definition) is 2. The van der Waals surface area contributed by atoms with Gasteiger partial charge in [-0.1, -0.05) is 26.2 Å². The third-order valence-corrected chi connectivity index (χ3v) is 1.47. The van der Waals surface area contributed by atoms with Gasteiger partial charge in [0.25, 0.3) is 0 Å². The molecule has 0 N–H and O–H groups in total. The number of carbonyl (C=O) groups is 1. The summed E-state index contributed by atoms with van der Waals surface area (Å²) in [5.74, 6) is 0. The molecule has 0 aromatic carbocycles. The summed E-state index contributed by atoms with van der Waals surface area (Å²) < 4.78 is 4.96. The zero-order valence-electron chi connectivity index (χ0n) is 6.94. The Balaban J connectivity index is 2.85. The lowest BCUT2D eigenvalue weighted by Crippen LogP contribution is -2.02. The fourth-order valence-corrected chi connectivity index (χ4v) is 0.860. The Kier molecular flexibility index (Phi) is 7.96. The van der Waals surface area contributed by atoms with E-state index in [1.165, 1.54) is 19.3 Å². The van der Waals surface area contributed by atoms with Gasteiger partial charge in [-0.25, -0.2) is 0 Å². The summed E-state index contributed by atoms with van der Waals surface area (Å²) in [5, 5.41) is -0.416. The van der Waals surface area contributed by atoms with Crippen molar-refractivity contribution < 1.29 is 9.53 Å². The summed E-state index contributed by atoms with van der Waals surface area (Å²) in [6, 6.07) is 0. The number of rotatable bonds is 7. The van der Waals surface area contributed by atoms with Crippen LogP contribution in [-0.2, 0) is 9.53 Å². The summed E-state index contributed by atoms with van der Waals surface area (Å²) in [6.45, 7) is 2.86. The van der Waals surface area contributed by atoms with Gasteiger partial charge < -0.3 is 4.74 Å². The Bertz CT molecular complexity index is 104. The predicted octanol–water partition coefficient (Wildman–Crippen LogP) is 2.35. The summed E-state index contributed by atoms with van der Waals surface area (Å²) in [7, 11) is 0. The van der Waals surface area contributed by atoms with Gasteiger partial charge >= 0.3 is 0 Å². The molecule has 0 aliphatic carbocycles. The van der Waals surface area contributed by atoms with Crippen molar-refractivity contribution in [1.29, 1.82) is 0 Å². The topological polar surface area (TPSA) is 26.3 Å². The Morgan fingerprint density at radius 2 is 2.09 bits per heavy atom. The van der Waals surface area contributed by atoms with E-state index in [1.807, 2.05) is 0 Å². The molecular formula is C8H15ClO2. The maximum absolute atomic E-state index is 10.2. The summed E-state index contributed by atoms with van der Waals surface area (Å²) in [4.78, 5) is 10.2. The second-order valence-corrected chi connectivity index (χ2v) is 2.89. The van der Waals surface area contributed by atoms with Crippen molar-refractivity contribution >= 4 is 16.8 Å². The van der Waals surface area contributed by atoms with Gasteiger partial charge in [-0.2, -0.15) is 0 Å². The number of hydrogen-bond donors (Lipinski definition) is 0. The van der Waals surface area contributed by atoms with Gasteiger partial charge in [-0.3, -0.25) is 4.79 Å². The van der Waals surface area contributed by atoms with Crippen LogP contribution in [0.5, 0.6) is 0 Å². The quantitative estimate of drug-likeness (QED) is 0.442. The van der Waals surface area contributed by atoms with E-state index in [9.17, 15) is 4.79 Å². The van der Waals surface area contributed by atoms with E-state index in [2.05, 4.69) is 6.92 Å². The molecule has 66 valence electrons. The van der Waals surface area contributed by atoms with Crippen molar-refractivity contribution in [2.24, 2.45) is 0 Å². The summed E-state index contributed by atoms with van der Waals surface area (Å²) in [5.41, 5.74) is 0. The second kappa shape index (κ2) is 8.02. The maximum Gasteiger partial charge on any atom is 0.247 e. The van der Waals surface area contributed by atoms with Crippen molar-refractivity contribution in [2.45, 2.75) is 32.6 Å². The first kappa shape index (κ1) is 10.9. The van der Waals surface area contributed by atoms with E-state index >= 15 is 0 Å². The maximum atomic E-state index is 10.2. The number of ether oxygens (including phenoxy) is 1. The number of carbonyl (C=O) groups excluding carboxylic acids is 1. The molecule has 0 atom stereocenters. The largest absolute Gasteiger partial charge is 0.372 e. The molecule has 0 aromatic heterocycles. The molecule has 0 fully saturated rings. The summed E-state index contributed by atoms with van der Waals surface area (Å²) >= 11 is 5.05. The van der Waals surface area contributed by atoms with Crippen LogP contribution in [0.25, 0.3) is 0 Å². The van der Waals surface area contributed by atoms with Crippen molar-refractivity contribution in [2.75, 3.05) is 13.2 Å². The minimum absolute atomic E-state index is 0.0493.